The first-order chi connectivity index (χ1) is 9.48. The Morgan fingerprint density at radius 3 is 2.70 bits per heavy atom. The molecule has 20 heavy (non-hydrogen) atoms. The summed E-state index contributed by atoms with van der Waals surface area (Å²) in [6.45, 7) is 1.79. The van der Waals surface area contributed by atoms with Gasteiger partial charge in [-0.05, 0) is 18.1 Å². The second-order valence-corrected chi connectivity index (χ2v) is 5.10. The van der Waals surface area contributed by atoms with Gasteiger partial charge in [-0.3, -0.25) is 4.79 Å². The van der Waals surface area contributed by atoms with Crippen LogP contribution in [0.2, 0.25) is 0 Å². The summed E-state index contributed by atoms with van der Waals surface area (Å²) in [5.41, 5.74) is -0.186. The molecular formula is C15H20O5. The largest absolute Gasteiger partial charge is 0.496 e. The van der Waals surface area contributed by atoms with Gasteiger partial charge in [0, 0.05) is 12.0 Å². The molecule has 0 saturated heterocycles. The topological polar surface area (TPSA) is 76.0 Å². The fourth-order valence-electron chi connectivity index (χ4n) is 3.00. The molecule has 1 aromatic carbocycles. The van der Waals surface area contributed by atoms with Crippen LogP contribution in [0.25, 0.3) is 0 Å². The van der Waals surface area contributed by atoms with E-state index in [1.54, 1.807) is 25.1 Å². The van der Waals surface area contributed by atoms with E-state index in [2.05, 4.69) is 0 Å². The first-order valence-corrected chi connectivity index (χ1v) is 6.63. The SMILES string of the molecule is CC[C@@]1(O)C[C@H](O)c2c(OC)cccc2[C@H]1C(=O)OC. The maximum Gasteiger partial charge on any atom is 0.316 e. The molecule has 0 heterocycles. The summed E-state index contributed by atoms with van der Waals surface area (Å²) in [4.78, 5) is 12.1. The molecule has 0 amide bonds. The van der Waals surface area contributed by atoms with Crippen LogP contribution in [0.15, 0.2) is 18.2 Å². The molecule has 1 aromatic rings. The summed E-state index contributed by atoms with van der Waals surface area (Å²) in [6.07, 6.45) is -0.441. The molecule has 0 radical (unpaired) electrons. The lowest BCUT2D eigenvalue weighted by Crippen LogP contribution is -2.45. The van der Waals surface area contributed by atoms with E-state index in [4.69, 9.17) is 9.47 Å². The molecule has 1 aliphatic carbocycles. The van der Waals surface area contributed by atoms with E-state index in [1.807, 2.05) is 0 Å². The van der Waals surface area contributed by atoms with Crippen molar-refractivity contribution in [1.82, 2.24) is 0 Å². The van der Waals surface area contributed by atoms with Gasteiger partial charge in [0.05, 0.1) is 25.9 Å². The van der Waals surface area contributed by atoms with Crippen LogP contribution in [0.1, 0.15) is 42.9 Å². The van der Waals surface area contributed by atoms with Gasteiger partial charge >= 0.3 is 5.97 Å². The second-order valence-electron chi connectivity index (χ2n) is 5.10. The lowest BCUT2D eigenvalue weighted by Gasteiger charge is -2.41. The van der Waals surface area contributed by atoms with Crippen LogP contribution < -0.4 is 4.74 Å². The number of methoxy groups -OCH3 is 2. The lowest BCUT2D eigenvalue weighted by atomic mass is 9.69. The number of carbonyl (C=O) groups excluding carboxylic acids is 1. The Kier molecular flexibility index (Phi) is 4.01. The van der Waals surface area contributed by atoms with Crippen molar-refractivity contribution >= 4 is 5.97 Å². The standard InChI is InChI=1S/C15H20O5/c1-4-15(18)8-10(16)12-9(13(15)14(17)20-3)6-5-7-11(12)19-2/h5-7,10,13,16,18H,4,8H2,1-3H3/t10-,13-,15+/m0/s1. The Morgan fingerprint density at radius 1 is 1.45 bits per heavy atom. The predicted octanol–water partition coefficient (Wildman–Crippen LogP) is 1.53. The number of aliphatic hydroxyl groups excluding tert-OH is 1. The van der Waals surface area contributed by atoms with Crippen molar-refractivity contribution in [3.8, 4) is 5.75 Å². The molecule has 0 fully saturated rings. The molecule has 5 nitrogen and oxygen atoms in total. The number of rotatable bonds is 3. The van der Waals surface area contributed by atoms with Crippen LogP contribution in [0, 0.1) is 0 Å². The summed E-state index contributed by atoms with van der Waals surface area (Å²) in [5, 5.41) is 21.0. The number of hydrogen-bond donors (Lipinski definition) is 2. The minimum atomic E-state index is -1.31. The number of carbonyl (C=O) groups is 1. The first-order valence-electron chi connectivity index (χ1n) is 6.63. The highest BCUT2D eigenvalue weighted by Crippen LogP contribution is 2.49. The van der Waals surface area contributed by atoms with Gasteiger partial charge in [-0.25, -0.2) is 0 Å². The number of ether oxygens (including phenoxy) is 2. The summed E-state index contributed by atoms with van der Waals surface area (Å²) in [6, 6.07) is 5.19. The van der Waals surface area contributed by atoms with Gasteiger partial charge < -0.3 is 19.7 Å². The molecule has 0 spiro atoms. The maximum atomic E-state index is 12.1. The molecule has 0 aromatic heterocycles. The number of esters is 1. The van der Waals surface area contributed by atoms with Crippen molar-refractivity contribution in [3.63, 3.8) is 0 Å². The average molecular weight is 280 g/mol. The smallest absolute Gasteiger partial charge is 0.316 e. The van der Waals surface area contributed by atoms with E-state index in [0.29, 0.717) is 23.3 Å². The fourth-order valence-corrected chi connectivity index (χ4v) is 3.00. The molecule has 0 aliphatic heterocycles. The zero-order valence-corrected chi connectivity index (χ0v) is 11.9. The van der Waals surface area contributed by atoms with Crippen LogP contribution in [-0.2, 0) is 9.53 Å². The Bertz CT molecular complexity index is 513. The van der Waals surface area contributed by atoms with Gasteiger partial charge in [0.25, 0.3) is 0 Å². The van der Waals surface area contributed by atoms with Crippen LogP contribution in [0.3, 0.4) is 0 Å². The van der Waals surface area contributed by atoms with Crippen LogP contribution in [0.4, 0.5) is 0 Å². The minimum absolute atomic E-state index is 0.0800. The highest BCUT2D eigenvalue weighted by molar-refractivity contribution is 5.81. The van der Waals surface area contributed by atoms with Crippen molar-refractivity contribution < 1.29 is 24.5 Å². The molecule has 3 atom stereocenters. The molecule has 0 bridgehead atoms. The Balaban J connectivity index is 2.64. The van der Waals surface area contributed by atoms with E-state index >= 15 is 0 Å². The van der Waals surface area contributed by atoms with Crippen LogP contribution >= 0.6 is 0 Å². The zero-order valence-electron chi connectivity index (χ0n) is 11.9. The van der Waals surface area contributed by atoms with Gasteiger partial charge in [0.1, 0.15) is 11.7 Å². The Morgan fingerprint density at radius 2 is 2.15 bits per heavy atom. The highest BCUT2D eigenvalue weighted by Gasteiger charge is 2.49. The fraction of sp³-hybridized carbons (Fsp3) is 0.533. The highest BCUT2D eigenvalue weighted by atomic mass is 16.5. The average Bonchev–Trinajstić information content (AvgIpc) is 2.46. The molecule has 110 valence electrons. The number of aliphatic hydroxyl groups is 2. The predicted molar refractivity (Wildman–Crippen MR) is 72.6 cm³/mol. The molecule has 0 saturated carbocycles. The normalized spacial score (nSPS) is 28.6. The lowest BCUT2D eigenvalue weighted by molar-refractivity contribution is -0.153. The second kappa shape index (κ2) is 5.42. The van der Waals surface area contributed by atoms with Gasteiger partial charge in [-0.1, -0.05) is 19.1 Å². The maximum absolute atomic E-state index is 12.1. The quantitative estimate of drug-likeness (QED) is 0.821. The van der Waals surface area contributed by atoms with E-state index in [1.165, 1.54) is 14.2 Å². The molecular weight excluding hydrogens is 260 g/mol. The van der Waals surface area contributed by atoms with E-state index < -0.39 is 23.6 Å². The van der Waals surface area contributed by atoms with Crippen molar-refractivity contribution in [2.75, 3.05) is 14.2 Å². The van der Waals surface area contributed by atoms with Gasteiger partial charge in [-0.2, -0.15) is 0 Å². The number of benzene rings is 1. The van der Waals surface area contributed by atoms with Crippen LogP contribution in [-0.4, -0.2) is 36.0 Å². The summed E-state index contributed by atoms with van der Waals surface area (Å²) in [5.74, 6) is -0.802. The monoisotopic (exact) mass is 280 g/mol. The van der Waals surface area contributed by atoms with Crippen molar-refractivity contribution in [1.29, 1.82) is 0 Å². The van der Waals surface area contributed by atoms with Gasteiger partial charge in [-0.15, -0.1) is 0 Å². The molecule has 2 rings (SSSR count). The summed E-state index contributed by atoms with van der Waals surface area (Å²) >= 11 is 0. The Hall–Kier alpha value is -1.59. The van der Waals surface area contributed by atoms with Crippen molar-refractivity contribution in [2.24, 2.45) is 0 Å². The molecule has 5 heteroatoms. The third kappa shape index (κ3) is 2.17. The van der Waals surface area contributed by atoms with Crippen molar-refractivity contribution in [2.45, 2.75) is 37.4 Å². The third-order valence-corrected chi connectivity index (χ3v) is 4.10. The molecule has 1 aliphatic rings. The summed E-state index contributed by atoms with van der Waals surface area (Å²) in [7, 11) is 2.80. The minimum Gasteiger partial charge on any atom is -0.496 e. The van der Waals surface area contributed by atoms with Gasteiger partial charge in [0.2, 0.25) is 0 Å². The zero-order chi connectivity index (χ0) is 14.9. The Labute approximate surface area is 118 Å². The third-order valence-electron chi connectivity index (χ3n) is 4.10. The van der Waals surface area contributed by atoms with E-state index in [0.717, 1.165) is 0 Å². The molecule has 2 N–H and O–H groups in total. The van der Waals surface area contributed by atoms with E-state index in [9.17, 15) is 15.0 Å². The first kappa shape index (κ1) is 14.8. The number of fused-ring (bicyclic) bond motifs is 1. The summed E-state index contributed by atoms with van der Waals surface area (Å²) < 4.78 is 10.1. The number of hydrogen-bond acceptors (Lipinski definition) is 5. The molecule has 0 unspecified atom stereocenters. The van der Waals surface area contributed by atoms with Crippen LogP contribution in [0.5, 0.6) is 5.75 Å². The van der Waals surface area contributed by atoms with Crippen molar-refractivity contribution in [3.05, 3.63) is 29.3 Å². The van der Waals surface area contributed by atoms with Gasteiger partial charge in [0.15, 0.2) is 0 Å². The van der Waals surface area contributed by atoms with E-state index in [-0.39, 0.29) is 6.42 Å².